The Morgan fingerprint density at radius 1 is 1.38 bits per heavy atom. The second-order valence-electron chi connectivity index (χ2n) is 5.30. The average Bonchev–Trinajstić information content (AvgIpc) is 3.00. The Kier molecular flexibility index (Phi) is 4.83. The van der Waals surface area contributed by atoms with Crippen LogP contribution in [0.15, 0.2) is 43.0 Å². The summed E-state index contributed by atoms with van der Waals surface area (Å²) in [6.45, 7) is 3.68. The first-order valence-corrected chi connectivity index (χ1v) is 7.00. The zero-order valence-corrected chi connectivity index (χ0v) is 13.1. The zero-order chi connectivity index (χ0) is 15.5. The minimum absolute atomic E-state index is 0.675. The van der Waals surface area contributed by atoms with Crippen LogP contribution in [0.5, 0.6) is 0 Å². The fraction of sp³-hybridized carbons (Fsp3) is 0.312. The molecule has 1 aromatic heterocycles. The van der Waals surface area contributed by atoms with Crippen molar-refractivity contribution in [1.82, 2.24) is 9.55 Å². The summed E-state index contributed by atoms with van der Waals surface area (Å²) in [5.41, 5.74) is 0.901. The van der Waals surface area contributed by atoms with Crippen LogP contribution in [0.2, 0.25) is 5.02 Å². The zero-order valence-electron chi connectivity index (χ0n) is 12.3. The van der Waals surface area contributed by atoms with Gasteiger partial charge in [0.2, 0.25) is 0 Å². The molecule has 2 rings (SSSR count). The third-order valence-electron chi connectivity index (χ3n) is 3.45. The average molecular weight is 307 g/mol. The molecule has 0 bridgehead atoms. The molecule has 1 atom stereocenters. The van der Waals surface area contributed by atoms with Crippen LogP contribution in [0.25, 0.3) is 11.8 Å². The Morgan fingerprint density at radius 2 is 2.05 bits per heavy atom. The molecule has 4 nitrogen and oxygen atoms in total. The van der Waals surface area contributed by atoms with Crippen molar-refractivity contribution in [2.45, 2.75) is 25.6 Å². The molecule has 1 aromatic carbocycles. The van der Waals surface area contributed by atoms with Crippen LogP contribution < -0.4 is 0 Å². The van der Waals surface area contributed by atoms with E-state index in [2.05, 4.69) is 4.98 Å². The molecule has 1 unspecified atom stereocenters. The molecule has 0 aliphatic rings. The minimum Gasteiger partial charge on any atom is -0.384 e. The van der Waals surface area contributed by atoms with Gasteiger partial charge in [0.1, 0.15) is 6.10 Å². The maximum absolute atomic E-state index is 10.7. The van der Waals surface area contributed by atoms with Crippen LogP contribution in [0, 0.1) is 0 Å². The summed E-state index contributed by atoms with van der Waals surface area (Å²) < 4.78 is 7.17. The summed E-state index contributed by atoms with van der Waals surface area (Å²) >= 11 is 5.90. The van der Waals surface area contributed by atoms with E-state index in [1.807, 2.05) is 44.2 Å². The molecule has 0 fully saturated rings. The first-order valence-electron chi connectivity index (χ1n) is 6.63. The number of benzene rings is 1. The number of aliphatic hydroxyl groups excluding tert-OH is 1. The van der Waals surface area contributed by atoms with E-state index in [-0.39, 0.29) is 0 Å². The number of imidazole rings is 1. The molecular weight excluding hydrogens is 288 g/mol. The molecule has 0 amide bonds. The van der Waals surface area contributed by atoms with E-state index in [1.54, 1.807) is 30.4 Å². The first-order chi connectivity index (χ1) is 9.94. The van der Waals surface area contributed by atoms with Crippen molar-refractivity contribution < 1.29 is 9.84 Å². The number of methoxy groups -OCH3 is 1. The van der Waals surface area contributed by atoms with Gasteiger partial charge in [-0.05, 0) is 37.6 Å². The monoisotopic (exact) mass is 306 g/mol. The van der Waals surface area contributed by atoms with E-state index in [1.165, 1.54) is 0 Å². The van der Waals surface area contributed by atoms with Crippen LogP contribution >= 0.6 is 11.6 Å². The van der Waals surface area contributed by atoms with Gasteiger partial charge in [0.05, 0.1) is 17.6 Å². The molecule has 0 spiro atoms. The van der Waals surface area contributed by atoms with Gasteiger partial charge in [0.15, 0.2) is 0 Å². The van der Waals surface area contributed by atoms with Gasteiger partial charge in [-0.2, -0.15) is 0 Å². The van der Waals surface area contributed by atoms with E-state index in [0.29, 0.717) is 10.7 Å². The molecule has 2 aromatic rings. The Bertz CT molecular complexity index is 604. The van der Waals surface area contributed by atoms with Crippen LogP contribution in [-0.4, -0.2) is 33.5 Å². The standard InChI is InChI=1S/C16H19ClN2O2/c1-16(2,21-3)15(20)14(19-9-8-18-11-19)10-12-4-6-13(17)7-5-12/h4-11,15,20H,1-3H3. The third kappa shape index (κ3) is 3.73. The van der Waals surface area contributed by atoms with Crippen molar-refractivity contribution in [3.05, 3.63) is 53.6 Å². The summed E-state index contributed by atoms with van der Waals surface area (Å²) in [5.74, 6) is 0. The van der Waals surface area contributed by atoms with Crippen molar-refractivity contribution in [3.8, 4) is 0 Å². The lowest BCUT2D eigenvalue weighted by molar-refractivity contribution is -0.0535. The quantitative estimate of drug-likeness (QED) is 0.922. The minimum atomic E-state index is -0.813. The van der Waals surface area contributed by atoms with E-state index in [4.69, 9.17) is 16.3 Å². The number of rotatable bonds is 5. The van der Waals surface area contributed by atoms with Crippen molar-refractivity contribution >= 4 is 23.4 Å². The highest BCUT2D eigenvalue weighted by Gasteiger charge is 2.31. The van der Waals surface area contributed by atoms with E-state index >= 15 is 0 Å². The highest BCUT2D eigenvalue weighted by atomic mass is 35.5. The van der Waals surface area contributed by atoms with Gasteiger partial charge in [0, 0.05) is 24.5 Å². The molecule has 112 valence electrons. The van der Waals surface area contributed by atoms with Crippen LogP contribution in [0.1, 0.15) is 19.4 Å². The second kappa shape index (κ2) is 6.43. The Morgan fingerprint density at radius 3 is 2.57 bits per heavy atom. The van der Waals surface area contributed by atoms with Gasteiger partial charge in [-0.15, -0.1) is 0 Å². The molecule has 0 aliphatic heterocycles. The maximum atomic E-state index is 10.7. The van der Waals surface area contributed by atoms with Crippen LogP contribution in [0.4, 0.5) is 0 Å². The smallest absolute Gasteiger partial charge is 0.123 e. The third-order valence-corrected chi connectivity index (χ3v) is 3.70. The number of aromatic nitrogens is 2. The summed E-state index contributed by atoms with van der Waals surface area (Å²) in [4.78, 5) is 4.04. The first kappa shape index (κ1) is 15.8. The SMILES string of the molecule is COC(C)(C)C(O)C(=Cc1ccc(Cl)cc1)n1ccnc1. The second-order valence-corrected chi connectivity index (χ2v) is 5.74. The Hall–Kier alpha value is -1.62. The van der Waals surface area contributed by atoms with Gasteiger partial charge in [-0.25, -0.2) is 4.98 Å². The molecular formula is C16H19ClN2O2. The van der Waals surface area contributed by atoms with Gasteiger partial charge >= 0.3 is 0 Å². The highest BCUT2D eigenvalue weighted by Crippen LogP contribution is 2.26. The van der Waals surface area contributed by atoms with E-state index in [9.17, 15) is 5.11 Å². The van der Waals surface area contributed by atoms with Crippen molar-refractivity contribution in [2.24, 2.45) is 0 Å². The molecule has 21 heavy (non-hydrogen) atoms. The summed E-state index contributed by atoms with van der Waals surface area (Å²) in [5, 5.41) is 11.3. The molecule has 0 saturated carbocycles. The van der Waals surface area contributed by atoms with Crippen molar-refractivity contribution in [2.75, 3.05) is 7.11 Å². The molecule has 1 N–H and O–H groups in total. The molecule has 5 heteroatoms. The lowest BCUT2D eigenvalue weighted by atomic mass is 9.97. The fourth-order valence-corrected chi connectivity index (χ4v) is 2.03. The summed E-state index contributed by atoms with van der Waals surface area (Å²) in [6, 6.07) is 7.41. The molecule has 1 heterocycles. The van der Waals surface area contributed by atoms with Gasteiger partial charge in [-0.1, -0.05) is 23.7 Å². The van der Waals surface area contributed by atoms with Gasteiger partial charge < -0.3 is 14.4 Å². The van der Waals surface area contributed by atoms with Gasteiger partial charge in [0.25, 0.3) is 0 Å². The largest absolute Gasteiger partial charge is 0.384 e. The molecule has 0 saturated heterocycles. The maximum Gasteiger partial charge on any atom is 0.123 e. The molecule has 0 aliphatic carbocycles. The number of halogens is 1. The molecule has 0 radical (unpaired) electrons. The van der Waals surface area contributed by atoms with Crippen molar-refractivity contribution in [3.63, 3.8) is 0 Å². The number of hydrogen-bond donors (Lipinski definition) is 1. The predicted octanol–water partition coefficient (Wildman–Crippen LogP) is 3.32. The fourth-order valence-electron chi connectivity index (χ4n) is 1.90. The number of ether oxygens (including phenoxy) is 1. The summed E-state index contributed by atoms with van der Waals surface area (Å²) in [6.07, 6.45) is 6.19. The Labute approximate surface area is 129 Å². The number of hydrogen-bond acceptors (Lipinski definition) is 3. The predicted molar refractivity (Wildman–Crippen MR) is 84.9 cm³/mol. The lowest BCUT2D eigenvalue weighted by Gasteiger charge is -2.31. The number of nitrogens with zero attached hydrogens (tertiary/aromatic N) is 2. The lowest BCUT2D eigenvalue weighted by Crippen LogP contribution is -2.40. The van der Waals surface area contributed by atoms with Crippen molar-refractivity contribution in [1.29, 1.82) is 0 Å². The Balaban J connectivity index is 2.44. The summed E-state index contributed by atoms with van der Waals surface area (Å²) in [7, 11) is 1.58. The van der Waals surface area contributed by atoms with E-state index in [0.717, 1.165) is 5.56 Å². The van der Waals surface area contributed by atoms with E-state index < -0.39 is 11.7 Å². The van der Waals surface area contributed by atoms with Crippen LogP contribution in [0.3, 0.4) is 0 Å². The number of aliphatic hydroxyl groups is 1. The topological polar surface area (TPSA) is 47.3 Å². The normalized spacial score (nSPS) is 14.2. The van der Waals surface area contributed by atoms with Crippen LogP contribution in [-0.2, 0) is 4.74 Å². The highest BCUT2D eigenvalue weighted by molar-refractivity contribution is 6.30. The van der Waals surface area contributed by atoms with Gasteiger partial charge in [-0.3, -0.25) is 0 Å².